The molecule has 0 saturated carbocycles. The van der Waals surface area contributed by atoms with Gasteiger partial charge in [-0.1, -0.05) is 36.7 Å². The Kier molecular flexibility index (Phi) is 5.65. The van der Waals surface area contributed by atoms with Crippen LogP contribution < -0.4 is 5.32 Å². The van der Waals surface area contributed by atoms with Crippen LogP contribution in [0.5, 0.6) is 0 Å². The predicted octanol–water partition coefficient (Wildman–Crippen LogP) is 4.01. The van der Waals surface area contributed by atoms with Gasteiger partial charge in [-0.2, -0.15) is 4.31 Å². The third-order valence-electron chi connectivity index (χ3n) is 4.59. The molecule has 3 rings (SSSR count). The molecule has 1 amide bonds. The van der Waals surface area contributed by atoms with Crippen molar-refractivity contribution in [3.05, 3.63) is 59.1 Å². The van der Waals surface area contributed by atoms with Crippen LogP contribution in [0, 0.1) is 5.92 Å². The van der Waals surface area contributed by atoms with Crippen LogP contribution in [0.4, 0.5) is 5.69 Å². The van der Waals surface area contributed by atoms with E-state index in [-0.39, 0.29) is 15.5 Å². The average Bonchev–Trinajstić information content (AvgIpc) is 2.63. The van der Waals surface area contributed by atoms with Gasteiger partial charge in [-0.25, -0.2) is 8.42 Å². The lowest BCUT2D eigenvalue weighted by Crippen LogP contribution is -2.37. The first kappa shape index (κ1) is 18.9. The largest absolute Gasteiger partial charge is 0.322 e. The van der Waals surface area contributed by atoms with Gasteiger partial charge in [-0.15, -0.1) is 0 Å². The van der Waals surface area contributed by atoms with Gasteiger partial charge >= 0.3 is 0 Å². The highest BCUT2D eigenvalue weighted by Gasteiger charge is 2.29. The molecule has 5 nitrogen and oxygen atoms in total. The lowest BCUT2D eigenvalue weighted by atomic mass is 10.0. The van der Waals surface area contributed by atoms with Crippen LogP contribution in [-0.2, 0) is 10.0 Å². The summed E-state index contributed by atoms with van der Waals surface area (Å²) in [6, 6.07) is 13.2. The molecule has 0 atom stereocenters. The summed E-state index contributed by atoms with van der Waals surface area (Å²) >= 11 is 6.14. The zero-order valence-electron chi connectivity index (χ0n) is 14.5. The fourth-order valence-corrected chi connectivity index (χ4v) is 4.63. The monoisotopic (exact) mass is 392 g/mol. The summed E-state index contributed by atoms with van der Waals surface area (Å²) < 4.78 is 27.3. The van der Waals surface area contributed by atoms with Crippen molar-refractivity contribution in [1.82, 2.24) is 4.31 Å². The molecule has 0 radical (unpaired) electrons. The van der Waals surface area contributed by atoms with E-state index >= 15 is 0 Å². The highest BCUT2D eigenvalue weighted by Crippen LogP contribution is 2.27. The van der Waals surface area contributed by atoms with E-state index in [1.807, 2.05) is 6.07 Å². The number of sulfonamides is 1. The van der Waals surface area contributed by atoms with Gasteiger partial charge in [-0.3, -0.25) is 4.79 Å². The lowest BCUT2D eigenvalue weighted by Gasteiger charge is -2.29. The van der Waals surface area contributed by atoms with Crippen LogP contribution in [0.3, 0.4) is 0 Å². The first-order valence-electron chi connectivity index (χ1n) is 8.54. The Labute approximate surface area is 159 Å². The highest BCUT2D eigenvalue weighted by atomic mass is 35.5. The summed E-state index contributed by atoms with van der Waals surface area (Å²) in [7, 11) is -3.64. The summed E-state index contributed by atoms with van der Waals surface area (Å²) in [5, 5.41) is 2.94. The number of benzene rings is 2. The van der Waals surface area contributed by atoms with Crippen LogP contribution >= 0.6 is 11.6 Å². The van der Waals surface area contributed by atoms with E-state index in [0.29, 0.717) is 24.7 Å². The number of piperidine rings is 1. The number of amides is 1. The van der Waals surface area contributed by atoms with Crippen LogP contribution in [0.1, 0.15) is 30.1 Å². The van der Waals surface area contributed by atoms with E-state index in [1.165, 1.54) is 22.5 Å². The summed E-state index contributed by atoms with van der Waals surface area (Å²) in [5.41, 5.74) is 0.758. The lowest BCUT2D eigenvalue weighted by molar-refractivity contribution is 0.102. The molecular formula is C19H21ClN2O3S. The van der Waals surface area contributed by atoms with Crippen molar-refractivity contribution < 1.29 is 13.2 Å². The molecule has 0 spiro atoms. The van der Waals surface area contributed by atoms with Crippen molar-refractivity contribution >= 4 is 33.2 Å². The normalized spacial score (nSPS) is 16.4. The van der Waals surface area contributed by atoms with Crippen molar-refractivity contribution in [2.24, 2.45) is 5.92 Å². The second-order valence-electron chi connectivity index (χ2n) is 6.55. The number of hydrogen-bond acceptors (Lipinski definition) is 3. The Morgan fingerprint density at radius 1 is 1.12 bits per heavy atom. The predicted molar refractivity (Wildman–Crippen MR) is 103 cm³/mol. The number of nitrogens with zero attached hydrogens (tertiary/aromatic N) is 1. The fraction of sp³-hybridized carbons (Fsp3) is 0.316. The van der Waals surface area contributed by atoms with E-state index in [4.69, 9.17) is 11.6 Å². The first-order valence-corrected chi connectivity index (χ1v) is 10.4. The molecule has 1 fully saturated rings. The van der Waals surface area contributed by atoms with Crippen molar-refractivity contribution in [3.63, 3.8) is 0 Å². The molecule has 0 aliphatic carbocycles. The maximum atomic E-state index is 12.9. The van der Waals surface area contributed by atoms with Crippen molar-refractivity contribution in [2.75, 3.05) is 18.4 Å². The third-order valence-corrected chi connectivity index (χ3v) is 6.82. The smallest absolute Gasteiger partial charge is 0.257 e. The van der Waals surface area contributed by atoms with Gasteiger partial charge in [0, 0.05) is 18.8 Å². The third kappa shape index (κ3) is 4.09. The second-order valence-corrected chi connectivity index (χ2v) is 8.89. The molecule has 1 heterocycles. The number of nitrogens with one attached hydrogen (secondary N) is 1. The molecule has 1 aliphatic rings. The van der Waals surface area contributed by atoms with Crippen molar-refractivity contribution in [2.45, 2.75) is 24.7 Å². The standard InChI is InChI=1S/C19H21ClN2O3S/c1-14-9-11-22(12-10-14)26(24,25)16-7-8-18(20)17(13-16)19(23)21-15-5-3-2-4-6-15/h2-8,13-14H,9-12H2,1H3,(H,21,23). The number of hydrogen-bond donors (Lipinski definition) is 1. The maximum absolute atomic E-state index is 12.9. The first-order chi connectivity index (χ1) is 12.4. The fourth-order valence-electron chi connectivity index (χ4n) is 2.93. The molecule has 0 aromatic heterocycles. The molecular weight excluding hydrogens is 372 g/mol. The molecule has 2 aromatic rings. The SMILES string of the molecule is CC1CCN(S(=O)(=O)c2ccc(Cl)c(C(=O)Nc3ccccc3)c2)CC1. The Morgan fingerprint density at radius 2 is 1.77 bits per heavy atom. The molecule has 0 bridgehead atoms. The van der Waals surface area contributed by atoms with Crippen molar-refractivity contribution in [3.8, 4) is 0 Å². The number of para-hydroxylation sites is 1. The van der Waals surface area contributed by atoms with Gasteiger partial charge in [0.1, 0.15) is 0 Å². The summed E-state index contributed by atoms with van der Waals surface area (Å²) in [5.74, 6) is 0.0874. The van der Waals surface area contributed by atoms with E-state index in [1.54, 1.807) is 24.3 Å². The number of rotatable bonds is 4. The quantitative estimate of drug-likeness (QED) is 0.854. The minimum atomic E-state index is -3.64. The second kappa shape index (κ2) is 7.78. The molecule has 0 unspecified atom stereocenters. The maximum Gasteiger partial charge on any atom is 0.257 e. The average molecular weight is 393 g/mol. The van der Waals surface area contributed by atoms with Crippen LogP contribution in [-0.4, -0.2) is 31.7 Å². The molecule has 26 heavy (non-hydrogen) atoms. The zero-order chi connectivity index (χ0) is 18.7. The van der Waals surface area contributed by atoms with Crippen LogP contribution in [0.25, 0.3) is 0 Å². The van der Waals surface area contributed by atoms with Crippen molar-refractivity contribution in [1.29, 1.82) is 0 Å². The zero-order valence-corrected chi connectivity index (χ0v) is 16.1. The molecule has 1 N–H and O–H groups in total. The molecule has 2 aromatic carbocycles. The van der Waals surface area contributed by atoms with Crippen LogP contribution in [0.2, 0.25) is 5.02 Å². The molecule has 7 heteroatoms. The minimum Gasteiger partial charge on any atom is -0.322 e. The topological polar surface area (TPSA) is 66.5 Å². The number of anilines is 1. The van der Waals surface area contributed by atoms with Gasteiger partial charge in [-0.05, 0) is 49.1 Å². The Balaban J connectivity index is 1.86. The van der Waals surface area contributed by atoms with Crippen LogP contribution in [0.15, 0.2) is 53.4 Å². The number of carbonyl (C=O) groups is 1. The van der Waals surface area contributed by atoms with Gasteiger partial charge in [0.2, 0.25) is 10.0 Å². The van der Waals surface area contributed by atoms with E-state index in [9.17, 15) is 13.2 Å². The Morgan fingerprint density at radius 3 is 2.42 bits per heavy atom. The highest BCUT2D eigenvalue weighted by molar-refractivity contribution is 7.89. The summed E-state index contributed by atoms with van der Waals surface area (Å²) in [6.45, 7) is 3.12. The summed E-state index contributed by atoms with van der Waals surface area (Å²) in [6.07, 6.45) is 1.68. The minimum absolute atomic E-state index is 0.0923. The van der Waals surface area contributed by atoms with Gasteiger partial charge in [0.05, 0.1) is 15.5 Å². The Bertz CT molecular complexity index is 892. The molecule has 1 aliphatic heterocycles. The van der Waals surface area contributed by atoms with Gasteiger partial charge < -0.3 is 5.32 Å². The number of carbonyl (C=O) groups excluding carboxylic acids is 1. The molecule has 138 valence electrons. The summed E-state index contributed by atoms with van der Waals surface area (Å²) in [4.78, 5) is 12.6. The van der Waals surface area contributed by atoms with E-state index < -0.39 is 15.9 Å². The van der Waals surface area contributed by atoms with E-state index in [0.717, 1.165) is 12.8 Å². The Hall–Kier alpha value is -1.89. The van der Waals surface area contributed by atoms with E-state index in [2.05, 4.69) is 12.2 Å². The van der Waals surface area contributed by atoms with Gasteiger partial charge in [0.15, 0.2) is 0 Å². The molecule has 1 saturated heterocycles. The number of halogens is 1. The van der Waals surface area contributed by atoms with Gasteiger partial charge in [0.25, 0.3) is 5.91 Å².